The van der Waals surface area contributed by atoms with Crippen LogP contribution in [0.25, 0.3) is 0 Å². The Morgan fingerprint density at radius 2 is 1.59 bits per heavy atom. The molecule has 0 atom stereocenters. The molecule has 0 unspecified atom stereocenters. The van der Waals surface area contributed by atoms with E-state index in [1.54, 1.807) is 12.1 Å². The molecule has 8 heteroatoms. The maximum Gasteiger partial charge on any atom is 0.240 e. The number of carbonyl (C=O) groups excluding carboxylic acids is 2. The van der Waals surface area contributed by atoms with Crippen LogP contribution in [-0.4, -0.2) is 27.3 Å². The van der Waals surface area contributed by atoms with Crippen molar-refractivity contribution in [3.63, 3.8) is 0 Å². The van der Waals surface area contributed by atoms with E-state index >= 15 is 0 Å². The summed E-state index contributed by atoms with van der Waals surface area (Å²) in [4.78, 5) is 24.0. The monoisotopic (exact) mass is 415 g/mol. The molecule has 0 aliphatic heterocycles. The zero-order valence-corrected chi connectivity index (χ0v) is 17.1. The van der Waals surface area contributed by atoms with Gasteiger partial charge in [0.15, 0.2) is 0 Å². The van der Waals surface area contributed by atoms with Crippen LogP contribution in [0.1, 0.15) is 30.4 Å². The number of aryl methyl sites for hydroxylation is 1. The number of nitrogens with one attached hydrogen (secondary N) is 3. The van der Waals surface area contributed by atoms with Gasteiger partial charge in [0.25, 0.3) is 0 Å². The number of amides is 2. The van der Waals surface area contributed by atoms with Crippen molar-refractivity contribution in [2.75, 3.05) is 12.4 Å². The molecule has 1 aliphatic carbocycles. The van der Waals surface area contributed by atoms with E-state index in [1.165, 1.54) is 19.2 Å². The van der Waals surface area contributed by atoms with Crippen LogP contribution in [0.4, 0.5) is 5.69 Å². The maximum absolute atomic E-state index is 12.1. The molecule has 154 valence electrons. The van der Waals surface area contributed by atoms with Crippen LogP contribution in [0, 0.1) is 5.92 Å². The number of benzene rings is 2. The molecule has 2 aromatic carbocycles. The zero-order valence-electron chi connectivity index (χ0n) is 16.3. The first-order valence-corrected chi connectivity index (χ1v) is 11.0. The molecule has 0 saturated heterocycles. The maximum atomic E-state index is 12.1. The van der Waals surface area contributed by atoms with Crippen LogP contribution >= 0.6 is 0 Å². The summed E-state index contributed by atoms with van der Waals surface area (Å²) >= 11 is 0. The van der Waals surface area contributed by atoms with Crippen LogP contribution in [-0.2, 0) is 32.6 Å². The Hall–Kier alpha value is -2.71. The third-order valence-corrected chi connectivity index (χ3v) is 6.23. The molecule has 1 aliphatic rings. The molecular weight excluding hydrogens is 390 g/mol. The molecule has 1 fully saturated rings. The number of carbonyl (C=O) groups is 2. The molecule has 1 saturated carbocycles. The van der Waals surface area contributed by atoms with Gasteiger partial charge in [-0.3, -0.25) is 9.59 Å². The summed E-state index contributed by atoms with van der Waals surface area (Å²) in [6, 6.07) is 13.9. The highest BCUT2D eigenvalue weighted by molar-refractivity contribution is 7.89. The van der Waals surface area contributed by atoms with Crippen LogP contribution < -0.4 is 15.4 Å². The predicted octanol–water partition coefficient (Wildman–Crippen LogP) is 2.19. The Labute approximate surface area is 171 Å². The van der Waals surface area contributed by atoms with Crippen LogP contribution in [0.3, 0.4) is 0 Å². The zero-order chi connectivity index (χ0) is 20.9. The third-order valence-electron chi connectivity index (χ3n) is 4.80. The van der Waals surface area contributed by atoms with Crippen molar-refractivity contribution in [3.05, 3.63) is 59.7 Å². The fraction of sp³-hybridized carbons (Fsp3) is 0.333. The third kappa shape index (κ3) is 6.13. The number of anilines is 1. The molecule has 0 spiro atoms. The molecule has 0 aromatic heterocycles. The number of hydrogen-bond donors (Lipinski definition) is 3. The highest BCUT2D eigenvalue weighted by atomic mass is 32.2. The molecule has 3 rings (SSSR count). The second kappa shape index (κ2) is 9.19. The Bertz CT molecular complexity index is 966. The van der Waals surface area contributed by atoms with Crippen LogP contribution in [0.15, 0.2) is 53.4 Å². The highest BCUT2D eigenvalue weighted by Gasteiger charge is 2.29. The summed E-state index contributed by atoms with van der Waals surface area (Å²) in [6.45, 7) is 0.412. The van der Waals surface area contributed by atoms with Gasteiger partial charge in [0.1, 0.15) is 0 Å². The SMILES string of the molecule is CNS(=O)(=O)c1ccc(CCC(=O)NCc2ccc(NC(=O)C3CC3)cc2)cc1. The van der Waals surface area contributed by atoms with Crippen molar-refractivity contribution in [1.29, 1.82) is 0 Å². The summed E-state index contributed by atoms with van der Waals surface area (Å²) in [7, 11) is -2.08. The second-order valence-electron chi connectivity index (χ2n) is 7.09. The normalized spacial score (nSPS) is 13.7. The summed E-state index contributed by atoms with van der Waals surface area (Å²) in [6.07, 6.45) is 2.77. The van der Waals surface area contributed by atoms with E-state index in [9.17, 15) is 18.0 Å². The molecule has 2 aromatic rings. The van der Waals surface area contributed by atoms with Crippen molar-refractivity contribution in [1.82, 2.24) is 10.0 Å². The topological polar surface area (TPSA) is 104 Å². The van der Waals surface area contributed by atoms with Gasteiger partial charge < -0.3 is 10.6 Å². The van der Waals surface area contributed by atoms with Crippen molar-refractivity contribution in [2.45, 2.75) is 37.1 Å². The average molecular weight is 416 g/mol. The van der Waals surface area contributed by atoms with Crippen molar-refractivity contribution in [2.24, 2.45) is 5.92 Å². The van der Waals surface area contributed by atoms with Gasteiger partial charge in [-0.25, -0.2) is 13.1 Å². The van der Waals surface area contributed by atoms with Gasteiger partial charge in [-0.15, -0.1) is 0 Å². The van der Waals surface area contributed by atoms with E-state index < -0.39 is 10.0 Å². The second-order valence-corrected chi connectivity index (χ2v) is 8.98. The van der Waals surface area contributed by atoms with E-state index in [0.29, 0.717) is 19.4 Å². The smallest absolute Gasteiger partial charge is 0.240 e. The molecule has 2 amide bonds. The van der Waals surface area contributed by atoms with Gasteiger partial charge >= 0.3 is 0 Å². The molecule has 7 nitrogen and oxygen atoms in total. The molecule has 3 N–H and O–H groups in total. The lowest BCUT2D eigenvalue weighted by molar-refractivity contribution is -0.121. The lowest BCUT2D eigenvalue weighted by Crippen LogP contribution is -2.23. The lowest BCUT2D eigenvalue weighted by Gasteiger charge is -2.08. The summed E-state index contributed by atoms with van der Waals surface area (Å²) in [5, 5.41) is 5.75. The predicted molar refractivity (Wildman–Crippen MR) is 111 cm³/mol. The minimum atomic E-state index is -3.45. The van der Waals surface area contributed by atoms with Gasteiger partial charge in [0, 0.05) is 24.6 Å². The molecule has 0 bridgehead atoms. The van der Waals surface area contributed by atoms with Gasteiger partial charge in [-0.1, -0.05) is 24.3 Å². The number of sulfonamides is 1. The lowest BCUT2D eigenvalue weighted by atomic mass is 10.1. The Kier molecular flexibility index (Phi) is 6.66. The van der Waals surface area contributed by atoms with E-state index in [-0.39, 0.29) is 22.6 Å². The Morgan fingerprint density at radius 1 is 0.966 bits per heavy atom. The van der Waals surface area contributed by atoms with Gasteiger partial charge in [-0.05, 0) is 61.7 Å². The highest BCUT2D eigenvalue weighted by Crippen LogP contribution is 2.30. The fourth-order valence-electron chi connectivity index (χ4n) is 2.80. The van der Waals surface area contributed by atoms with E-state index in [1.807, 2.05) is 24.3 Å². The van der Waals surface area contributed by atoms with Crippen molar-refractivity contribution in [3.8, 4) is 0 Å². The number of rotatable bonds is 9. The number of hydrogen-bond acceptors (Lipinski definition) is 4. The largest absolute Gasteiger partial charge is 0.352 e. The van der Waals surface area contributed by atoms with Crippen LogP contribution in [0.2, 0.25) is 0 Å². The average Bonchev–Trinajstić information content (AvgIpc) is 3.57. The van der Waals surface area contributed by atoms with Gasteiger partial charge in [-0.2, -0.15) is 0 Å². The quantitative estimate of drug-likeness (QED) is 0.584. The first-order chi connectivity index (χ1) is 13.9. The van der Waals surface area contributed by atoms with E-state index in [4.69, 9.17) is 0 Å². The molecule has 29 heavy (non-hydrogen) atoms. The van der Waals surface area contributed by atoms with Crippen LogP contribution in [0.5, 0.6) is 0 Å². The standard InChI is InChI=1S/C21H25N3O4S/c1-22-29(27,28)19-11-4-15(5-12-19)6-13-20(25)23-14-16-2-9-18(10-3-16)24-21(26)17-7-8-17/h2-5,9-12,17,22H,6-8,13-14H2,1H3,(H,23,25)(H,24,26). The van der Waals surface area contributed by atoms with Gasteiger partial charge in [0.2, 0.25) is 21.8 Å². The first-order valence-electron chi connectivity index (χ1n) is 9.56. The van der Waals surface area contributed by atoms with E-state index in [2.05, 4.69) is 15.4 Å². The fourth-order valence-corrected chi connectivity index (χ4v) is 3.53. The Balaban J connectivity index is 1.42. The summed E-state index contributed by atoms with van der Waals surface area (Å²) in [5.41, 5.74) is 2.61. The summed E-state index contributed by atoms with van der Waals surface area (Å²) < 4.78 is 25.7. The first kappa shape index (κ1) is 21.0. The van der Waals surface area contributed by atoms with E-state index in [0.717, 1.165) is 29.7 Å². The summed E-state index contributed by atoms with van der Waals surface area (Å²) in [5.74, 6) is 0.156. The van der Waals surface area contributed by atoms with Crippen molar-refractivity contribution < 1.29 is 18.0 Å². The molecule has 0 heterocycles. The molecule has 0 radical (unpaired) electrons. The minimum Gasteiger partial charge on any atom is -0.352 e. The Morgan fingerprint density at radius 3 is 2.17 bits per heavy atom. The van der Waals surface area contributed by atoms with Gasteiger partial charge in [0.05, 0.1) is 4.90 Å². The molecular formula is C21H25N3O4S. The van der Waals surface area contributed by atoms with Crippen molar-refractivity contribution >= 4 is 27.5 Å². The minimum absolute atomic E-state index is 0.0719.